The van der Waals surface area contributed by atoms with Crippen LogP contribution in [0.2, 0.25) is 0 Å². The Morgan fingerprint density at radius 2 is 2.15 bits per heavy atom. The van der Waals surface area contributed by atoms with Crippen LogP contribution >= 0.6 is 0 Å². The molecule has 0 bridgehead atoms. The van der Waals surface area contributed by atoms with Gasteiger partial charge in [0.15, 0.2) is 0 Å². The van der Waals surface area contributed by atoms with Crippen LogP contribution in [-0.2, 0) is 18.4 Å². The monoisotopic (exact) mass is 363 g/mol. The molecule has 27 heavy (non-hydrogen) atoms. The van der Waals surface area contributed by atoms with E-state index in [1.165, 1.54) is 6.08 Å². The van der Waals surface area contributed by atoms with Crippen molar-refractivity contribution < 1.29 is 14.2 Å². The SMILES string of the molecule is CN(Cc1cc2ccccc2n1C)C(=O)/C=C/c1c[nH+]c2[nH]c(=O)oc2c1. The molecule has 0 aliphatic carbocycles. The lowest BCUT2D eigenvalue weighted by molar-refractivity contribution is -0.347. The van der Waals surface area contributed by atoms with Crippen LogP contribution in [-0.4, -0.2) is 27.4 Å². The highest BCUT2D eigenvalue weighted by atomic mass is 16.4. The van der Waals surface area contributed by atoms with Gasteiger partial charge in [0.25, 0.3) is 0 Å². The number of likely N-dealkylation sites (N-methyl/N-ethyl adjacent to an activating group) is 1. The van der Waals surface area contributed by atoms with Crippen molar-refractivity contribution in [3.63, 3.8) is 0 Å². The number of oxazole rings is 1. The number of benzene rings is 1. The molecule has 0 spiro atoms. The van der Waals surface area contributed by atoms with Gasteiger partial charge in [0, 0.05) is 43.0 Å². The van der Waals surface area contributed by atoms with E-state index in [-0.39, 0.29) is 5.91 Å². The molecule has 0 saturated heterocycles. The first-order chi connectivity index (χ1) is 13.0. The summed E-state index contributed by atoms with van der Waals surface area (Å²) in [7, 11) is 3.77. The quantitative estimate of drug-likeness (QED) is 0.564. The smallest absolute Gasteiger partial charge is 0.383 e. The first kappa shape index (κ1) is 16.8. The summed E-state index contributed by atoms with van der Waals surface area (Å²) in [5, 5.41) is 1.16. The average Bonchev–Trinajstić information content (AvgIpc) is 3.18. The van der Waals surface area contributed by atoms with E-state index in [1.807, 2.05) is 19.2 Å². The lowest BCUT2D eigenvalue weighted by Gasteiger charge is -2.15. The van der Waals surface area contributed by atoms with Crippen molar-refractivity contribution in [2.24, 2.45) is 7.05 Å². The van der Waals surface area contributed by atoms with Gasteiger partial charge in [-0.05, 0) is 23.6 Å². The second-order valence-corrected chi connectivity index (χ2v) is 6.47. The first-order valence-electron chi connectivity index (χ1n) is 8.52. The summed E-state index contributed by atoms with van der Waals surface area (Å²) in [6.45, 7) is 0.506. The highest BCUT2D eigenvalue weighted by Gasteiger charge is 2.12. The van der Waals surface area contributed by atoms with E-state index in [4.69, 9.17) is 4.42 Å². The molecule has 0 aliphatic heterocycles. The molecule has 3 aromatic heterocycles. The van der Waals surface area contributed by atoms with Crippen LogP contribution in [0.1, 0.15) is 11.3 Å². The standard InChI is InChI=1S/C20H18N4O3/c1-23(12-15-10-14-5-3-4-6-16(14)24(15)2)18(25)8-7-13-9-17-19(21-11-13)22-20(26)27-17/h3-11H,12H2,1-2H3,(H,21,22,26)/p+1/b8-7+. The third-order valence-electron chi connectivity index (χ3n) is 4.60. The maximum absolute atomic E-state index is 12.5. The largest absolute Gasteiger partial charge is 0.510 e. The van der Waals surface area contributed by atoms with Gasteiger partial charge in [-0.15, -0.1) is 0 Å². The second kappa shape index (κ2) is 6.60. The van der Waals surface area contributed by atoms with Crippen molar-refractivity contribution in [1.82, 2.24) is 14.5 Å². The molecular weight excluding hydrogens is 344 g/mol. The van der Waals surface area contributed by atoms with Crippen LogP contribution in [0.5, 0.6) is 0 Å². The number of carbonyl (C=O) groups is 1. The Bertz CT molecular complexity index is 1230. The minimum absolute atomic E-state index is 0.115. The average molecular weight is 363 g/mol. The maximum atomic E-state index is 12.5. The van der Waals surface area contributed by atoms with Gasteiger partial charge in [-0.1, -0.05) is 18.2 Å². The first-order valence-corrected chi connectivity index (χ1v) is 8.52. The number of hydrogen-bond donors (Lipinski definition) is 1. The number of rotatable bonds is 4. The van der Waals surface area contributed by atoms with Gasteiger partial charge in [0.05, 0.1) is 12.7 Å². The number of hydrogen-bond acceptors (Lipinski definition) is 3. The molecule has 1 amide bonds. The fourth-order valence-corrected chi connectivity index (χ4v) is 3.11. The zero-order valence-electron chi connectivity index (χ0n) is 15.0. The number of aromatic amines is 2. The molecule has 4 aromatic rings. The summed E-state index contributed by atoms with van der Waals surface area (Å²) < 4.78 is 7.11. The van der Waals surface area contributed by atoms with Gasteiger partial charge in [-0.3, -0.25) is 4.79 Å². The molecule has 136 valence electrons. The second-order valence-electron chi connectivity index (χ2n) is 6.47. The zero-order chi connectivity index (χ0) is 19.0. The van der Waals surface area contributed by atoms with Crippen molar-refractivity contribution in [3.05, 3.63) is 70.5 Å². The number of nitrogens with zero attached hydrogens (tertiary/aromatic N) is 2. The topological polar surface area (TPSA) is 85.4 Å². The van der Waals surface area contributed by atoms with E-state index < -0.39 is 5.76 Å². The summed E-state index contributed by atoms with van der Waals surface area (Å²) in [5.74, 6) is -0.635. The molecule has 0 fully saturated rings. The Kier molecular flexibility index (Phi) is 4.12. The van der Waals surface area contributed by atoms with Crippen molar-refractivity contribution >= 4 is 34.1 Å². The molecular formula is C20H19N4O3+. The number of nitrogens with one attached hydrogen (secondary N) is 2. The lowest BCUT2D eigenvalue weighted by Crippen LogP contribution is -2.25. The minimum atomic E-state index is -0.520. The Morgan fingerprint density at radius 3 is 2.96 bits per heavy atom. The van der Waals surface area contributed by atoms with Crippen LogP contribution in [0.25, 0.3) is 28.2 Å². The van der Waals surface area contributed by atoms with Crippen LogP contribution < -0.4 is 10.7 Å². The Labute approximate surface area is 154 Å². The van der Waals surface area contributed by atoms with Gasteiger partial charge in [-0.2, -0.15) is 9.78 Å². The highest BCUT2D eigenvalue weighted by Crippen LogP contribution is 2.19. The molecule has 0 radical (unpaired) electrons. The van der Waals surface area contributed by atoms with E-state index in [9.17, 15) is 9.59 Å². The summed E-state index contributed by atoms with van der Waals surface area (Å²) in [5.41, 5.74) is 3.86. The summed E-state index contributed by atoms with van der Waals surface area (Å²) in [4.78, 5) is 30.8. The van der Waals surface area contributed by atoms with Crippen LogP contribution in [0.3, 0.4) is 0 Å². The van der Waals surface area contributed by atoms with E-state index in [0.29, 0.717) is 17.8 Å². The normalized spacial score (nSPS) is 11.6. The Morgan fingerprint density at radius 1 is 1.33 bits per heavy atom. The van der Waals surface area contributed by atoms with Crippen LogP contribution in [0, 0.1) is 0 Å². The molecule has 0 saturated carbocycles. The number of H-pyrrole nitrogens is 2. The number of carbonyl (C=O) groups excluding carboxylic acids is 1. The molecule has 1 aromatic carbocycles. The van der Waals surface area contributed by atoms with Crippen LogP contribution in [0.15, 0.2) is 57.9 Å². The van der Waals surface area contributed by atoms with Gasteiger partial charge >= 0.3 is 11.4 Å². The molecule has 7 nitrogen and oxygen atoms in total. The Balaban J connectivity index is 1.50. The maximum Gasteiger partial charge on any atom is 0.510 e. The summed E-state index contributed by atoms with van der Waals surface area (Å²) >= 11 is 0. The molecule has 4 rings (SSSR count). The van der Waals surface area contributed by atoms with Crippen molar-refractivity contribution in [2.75, 3.05) is 7.05 Å². The molecule has 0 aliphatic rings. The molecule has 0 atom stereocenters. The highest BCUT2D eigenvalue weighted by molar-refractivity contribution is 5.92. The summed E-state index contributed by atoms with van der Waals surface area (Å²) in [6.07, 6.45) is 4.88. The fraction of sp³-hybridized carbons (Fsp3) is 0.150. The van der Waals surface area contributed by atoms with E-state index >= 15 is 0 Å². The number of para-hydroxylation sites is 1. The van der Waals surface area contributed by atoms with Crippen LogP contribution in [0.4, 0.5) is 0 Å². The van der Waals surface area contributed by atoms with E-state index in [2.05, 4.69) is 32.7 Å². The summed E-state index contributed by atoms with van der Waals surface area (Å²) in [6, 6.07) is 11.9. The van der Waals surface area contributed by atoms with E-state index in [1.54, 1.807) is 30.3 Å². The third kappa shape index (κ3) is 3.27. The molecule has 0 unspecified atom stereocenters. The predicted molar refractivity (Wildman–Crippen MR) is 102 cm³/mol. The molecule has 2 N–H and O–H groups in total. The van der Waals surface area contributed by atoms with Gasteiger partial charge < -0.3 is 13.9 Å². The number of fused-ring (bicyclic) bond motifs is 2. The van der Waals surface area contributed by atoms with Crippen molar-refractivity contribution in [3.8, 4) is 0 Å². The van der Waals surface area contributed by atoms with E-state index in [0.717, 1.165) is 22.2 Å². The van der Waals surface area contributed by atoms with Gasteiger partial charge in [0.1, 0.15) is 0 Å². The minimum Gasteiger partial charge on any atom is -0.383 e. The van der Waals surface area contributed by atoms with Gasteiger partial charge in [0.2, 0.25) is 11.5 Å². The zero-order valence-corrected chi connectivity index (χ0v) is 15.0. The number of amides is 1. The molecule has 7 heteroatoms. The van der Waals surface area contributed by atoms with Crippen molar-refractivity contribution in [2.45, 2.75) is 6.54 Å². The number of aryl methyl sites for hydroxylation is 1. The third-order valence-corrected chi connectivity index (χ3v) is 4.60. The number of aromatic nitrogens is 3. The van der Waals surface area contributed by atoms with Gasteiger partial charge in [-0.25, -0.2) is 4.98 Å². The lowest BCUT2D eigenvalue weighted by atomic mass is 10.2. The fourth-order valence-electron chi connectivity index (χ4n) is 3.11. The van der Waals surface area contributed by atoms with Crippen molar-refractivity contribution in [1.29, 1.82) is 0 Å². The predicted octanol–water partition coefficient (Wildman–Crippen LogP) is 2.10. The Hall–Kier alpha value is -3.61. The molecule has 3 heterocycles. The number of pyridine rings is 1.